The quantitative estimate of drug-likeness (QED) is 0.151. The van der Waals surface area contributed by atoms with E-state index in [0.717, 1.165) is 39.8 Å². The van der Waals surface area contributed by atoms with Gasteiger partial charge in [-0.3, -0.25) is 19.6 Å². The maximum absolute atomic E-state index is 9.00. The topological polar surface area (TPSA) is 203 Å². The van der Waals surface area contributed by atoms with Crippen molar-refractivity contribution in [2.45, 2.75) is 78.1 Å². The van der Waals surface area contributed by atoms with E-state index in [9.17, 15) is 0 Å². The van der Waals surface area contributed by atoms with Crippen molar-refractivity contribution in [2.75, 3.05) is 13.1 Å². The minimum Gasteiger partial charge on any atom is -0.481 e. The molecule has 28 heavy (non-hydrogen) atoms. The van der Waals surface area contributed by atoms with Crippen molar-refractivity contribution in [3.63, 3.8) is 0 Å². The Morgan fingerprint density at radius 2 is 0.750 bits per heavy atom. The molecule has 10 heteroatoms. The number of hydrogen-bond acceptors (Lipinski definition) is 4. The smallest absolute Gasteiger partial charge is 0.300 e. The van der Waals surface area contributed by atoms with E-state index in [1.54, 1.807) is 0 Å². The van der Waals surface area contributed by atoms with Crippen LogP contribution in [0.2, 0.25) is 0 Å². The Hall–Kier alpha value is -2.52. The number of carboxylic acid groups (broad SMARTS) is 2. The molecular weight excluding hydrogens is 364 g/mol. The van der Waals surface area contributed by atoms with Crippen molar-refractivity contribution in [1.29, 1.82) is 0 Å². The molecule has 10 nitrogen and oxygen atoms in total. The van der Waals surface area contributed by atoms with Crippen LogP contribution in [0.25, 0.3) is 0 Å². The van der Waals surface area contributed by atoms with Crippen LogP contribution in [0.5, 0.6) is 0 Å². The molecule has 10 N–H and O–H groups in total. The molecule has 0 aromatic rings. The van der Waals surface area contributed by atoms with Crippen LogP contribution in [0.4, 0.5) is 0 Å². The van der Waals surface area contributed by atoms with Crippen molar-refractivity contribution < 1.29 is 19.8 Å². The van der Waals surface area contributed by atoms with Crippen LogP contribution in [-0.2, 0) is 9.59 Å². The number of nitrogens with two attached hydrogens (primary N) is 4. The summed E-state index contributed by atoms with van der Waals surface area (Å²) < 4.78 is 0. The van der Waals surface area contributed by atoms with Gasteiger partial charge in [0.05, 0.1) is 0 Å². The van der Waals surface area contributed by atoms with Gasteiger partial charge in [-0.2, -0.15) is 0 Å². The summed E-state index contributed by atoms with van der Waals surface area (Å²) in [6.45, 7) is 3.69. The average molecular weight is 405 g/mol. The van der Waals surface area contributed by atoms with Crippen LogP contribution < -0.4 is 22.9 Å². The predicted molar refractivity (Wildman–Crippen MR) is 114 cm³/mol. The lowest BCUT2D eigenvalue weighted by molar-refractivity contribution is -0.135. The second-order valence-electron chi connectivity index (χ2n) is 6.19. The van der Waals surface area contributed by atoms with E-state index in [1.165, 1.54) is 51.4 Å². The number of nitrogens with zero attached hydrogens (tertiary/aromatic N) is 2. The molecule has 0 saturated carbocycles. The lowest BCUT2D eigenvalue weighted by Crippen LogP contribution is -2.22. The molecule has 0 heterocycles. The first-order valence-corrected chi connectivity index (χ1v) is 9.59. The van der Waals surface area contributed by atoms with Gasteiger partial charge in [0, 0.05) is 26.9 Å². The maximum Gasteiger partial charge on any atom is 0.300 e. The van der Waals surface area contributed by atoms with E-state index >= 15 is 0 Å². The number of guanidine groups is 2. The highest BCUT2D eigenvalue weighted by molar-refractivity contribution is 5.75. The molecule has 0 unspecified atom stereocenters. The van der Waals surface area contributed by atoms with E-state index in [4.69, 9.17) is 42.7 Å². The van der Waals surface area contributed by atoms with Gasteiger partial charge >= 0.3 is 0 Å². The third-order valence-electron chi connectivity index (χ3n) is 3.15. The molecule has 0 rings (SSSR count). The maximum atomic E-state index is 9.00. The fourth-order valence-corrected chi connectivity index (χ4v) is 2.05. The van der Waals surface area contributed by atoms with Gasteiger partial charge in [-0.25, -0.2) is 0 Å². The minimum absolute atomic E-state index is 0.199. The second-order valence-corrected chi connectivity index (χ2v) is 6.19. The highest BCUT2D eigenvalue weighted by Gasteiger charge is 1.93. The highest BCUT2D eigenvalue weighted by atomic mass is 16.4. The summed E-state index contributed by atoms with van der Waals surface area (Å²) >= 11 is 0. The molecule has 0 aliphatic heterocycles. The van der Waals surface area contributed by atoms with Crippen molar-refractivity contribution in [1.82, 2.24) is 0 Å². The van der Waals surface area contributed by atoms with Crippen LogP contribution in [0.3, 0.4) is 0 Å². The Bertz CT molecular complexity index is 386. The molecule has 166 valence electrons. The van der Waals surface area contributed by atoms with E-state index in [1.807, 2.05) is 0 Å². The van der Waals surface area contributed by atoms with Gasteiger partial charge in [-0.1, -0.05) is 51.4 Å². The summed E-state index contributed by atoms with van der Waals surface area (Å²) in [5, 5.41) is 14.8. The van der Waals surface area contributed by atoms with Crippen LogP contribution in [0, 0.1) is 0 Å². The van der Waals surface area contributed by atoms with Gasteiger partial charge in [0.25, 0.3) is 11.9 Å². The monoisotopic (exact) mass is 404 g/mol. The first-order valence-electron chi connectivity index (χ1n) is 9.59. The Labute approximate surface area is 168 Å². The summed E-state index contributed by atoms with van der Waals surface area (Å²) in [7, 11) is 0. The number of rotatable bonds is 13. The molecule has 0 aliphatic carbocycles. The SMILES string of the molecule is CC(=O)O.CC(=O)O.NC(N)=NCCCCCCCCCCCCN=C(N)N. The van der Waals surface area contributed by atoms with Gasteiger partial charge in [0.15, 0.2) is 11.9 Å². The molecule has 0 radical (unpaired) electrons. The molecule has 0 aromatic heterocycles. The van der Waals surface area contributed by atoms with E-state index in [-0.39, 0.29) is 11.9 Å². The summed E-state index contributed by atoms with van der Waals surface area (Å²) in [6.07, 6.45) is 12.5. The molecular formula is C18H40N6O4. The second kappa shape index (κ2) is 24.5. The Morgan fingerprint density at radius 3 is 0.929 bits per heavy atom. The van der Waals surface area contributed by atoms with Crippen molar-refractivity contribution in [3.8, 4) is 0 Å². The summed E-state index contributed by atoms with van der Waals surface area (Å²) in [4.78, 5) is 25.9. The Balaban J connectivity index is -0.000000656. The number of carbonyl (C=O) groups is 2. The molecule has 0 aromatic carbocycles. The lowest BCUT2D eigenvalue weighted by Gasteiger charge is -2.02. The van der Waals surface area contributed by atoms with Crippen LogP contribution in [0.1, 0.15) is 78.1 Å². The Morgan fingerprint density at radius 1 is 0.571 bits per heavy atom. The molecule has 0 amide bonds. The van der Waals surface area contributed by atoms with Gasteiger partial charge < -0.3 is 33.1 Å². The third-order valence-corrected chi connectivity index (χ3v) is 3.15. The molecule has 0 spiro atoms. The van der Waals surface area contributed by atoms with Crippen molar-refractivity contribution >= 4 is 23.9 Å². The fourth-order valence-electron chi connectivity index (χ4n) is 2.05. The summed E-state index contributed by atoms with van der Waals surface area (Å²) in [5.74, 6) is -1.27. The van der Waals surface area contributed by atoms with Gasteiger partial charge in [-0.15, -0.1) is 0 Å². The summed E-state index contributed by atoms with van der Waals surface area (Å²) in [5.41, 5.74) is 21.0. The number of aliphatic imine (C=N–C) groups is 2. The van der Waals surface area contributed by atoms with E-state index in [0.29, 0.717) is 0 Å². The standard InChI is InChI=1S/C14H32N6.2C2H4O2/c15-13(16)19-11-9-7-5-3-1-2-4-6-8-10-12-20-14(17)18;2*1-2(3)4/h1-12H2,(H4,15,16,19)(H4,17,18,20);2*1H3,(H,3,4). The van der Waals surface area contributed by atoms with E-state index < -0.39 is 11.9 Å². The van der Waals surface area contributed by atoms with Crippen molar-refractivity contribution in [3.05, 3.63) is 0 Å². The molecule has 0 bridgehead atoms. The van der Waals surface area contributed by atoms with E-state index in [2.05, 4.69) is 9.98 Å². The van der Waals surface area contributed by atoms with Crippen LogP contribution >= 0.6 is 0 Å². The lowest BCUT2D eigenvalue weighted by atomic mass is 10.1. The summed E-state index contributed by atoms with van der Waals surface area (Å²) in [6, 6.07) is 0. The predicted octanol–water partition coefficient (Wildman–Crippen LogP) is 1.62. The number of unbranched alkanes of at least 4 members (excludes halogenated alkanes) is 9. The third kappa shape index (κ3) is 56.6. The average Bonchev–Trinajstić information content (AvgIpc) is 2.53. The van der Waals surface area contributed by atoms with Gasteiger partial charge in [0.1, 0.15) is 0 Å². The first-order chi connectivity index (χ1) is 13.1. The van der Waals surface area contributed by atoms with Gasteiger partial charge in [-0.05, 0) is 12.8 Å². The first kappa shape index (κ1) is 30.2. The van der Waals surface area contributed by atoms with Crippen molar-refractivity contribution in [2.24, 2.45) is 32.9 Å². The molecule has 0 saturated heterocycles. The largest absolute Gasteiger partial charge is 0.481 e. The zero-order chi connectivity index (χ0) is 22.2. The highest BCUT2D eigenvalue weighted by Crippen LogP contribution is 2.10. The van der Waals surface area contributed by atoms with Crippen LogP contribution in [0.15, 0.2) is 9.98 Å². The zero-order valence-electron chi connectivity index (χ0n) is 17.4. The molecule has 0 aliphatic rings. The normalized spacial score (nSPS) is 9.07. The zero-order valence-corrected chi connectivity index (χ0v) is 17.4. The fraction of sp³-hybridized carbons (Fsp3) is 0.778. The van der Waals surface area contributed by atoms with Gasteiger partial charge in [0.2, 0.25) is 0 Å². The number of aliphatic carboxylic acids is 2. The number of carboxylic acids is 2. The Kier molecular flexibility index (Phi) is 26.4. The minimum atomic E-state index is -0.833. The van der Waals surface area contributed by atoms with Crippen LogP contribution in [-0.4, -0.2) is 47.2 Å². The molecule has 0 atom stereocenters. The number of hydrogen-bond donors (Lipinski definition) is 6. The molecule has 0 fully saturated rings.